The smallest absolute Gasteiger partial charge is 0.497 e. The zero-order valence-corrected chi connectivity index (χ0v) is 14.2. The molecular weight excluding hydrogens is 383 g/mol. The molecule has 2 heterocycles. The Balaban J connectivity index is 2.15. The molecule has 1 N–H and O–H groups in total. The van der Waals surface area contributed by atoms with Crippen LogP contribution in [0.3, 0.4) is 0 Å². The van der Waals surface area contributed by atoms with E-state index in [1.165, 1.54) is 36.3 Å². The second kappa shape index (κ2) is 7.47. The van der Waals surface area contributed by atoms with Crippen molar-refractivity contribution in [3.8, 4) is 34.3 Å². The van der Waals surface area contributed by atoms with E-state index in [-0.39, 0.29) is 22.9 Å². The first-order valence-electron chi connectivity index (χ1n) is 7.61. The lowest BCUT2D eigenvalue weighted by molar-refractivity contribution is -0.274. The molecule has 0 spiro atoms. The highest BCUT2D eigenvalue weighted by atomic mass is 19.4. The topological polar surface area (TPSA) is 95.7 Å². The molecule has 11 heteroatoms. The lowest BCUT2D eigenvalue weighted by Gasteiger charge is -2.13. The van der Waals surface area contributed by atoms with Gasteiger partial charge in [-0.3, -0.25) is 4.98 Å². The van der Waals surface area contributed by atoms with Gasteiger partial charge in [0.05, 0.1) is 24.7 Å². The fraction of sp³-hybridized carbons (Fsp3) is 0.118. The van der Waals surface area contributed by atoms with E-state index in [1.807, 2.05) is 0 Å². The second-order valence-corrected chi connectivity index (χ2v) is 5.30. The Hall–Kier alpha value is -3.76. The first-order chi connectivity index (χ1) is 13.2. The number of benzene rings is 1. The molecule has 0 aliphatic rings. The molecule has 0 fully saturated rings. The predicted octanol–water partition coefficient (Wildman–Crippen LogP) is 3.90. The first-order valence-corrected chi connectivity index (χ1v) is 7.61. The highest BCUT2D eigenvalue weighted by Crippen LogP contribution is 2.35. The van der Waals surface area contributed by atoms with Crippen LogP contribution in [0.4, 0.5) is 18.0 Å². The van der Waals surface area contributed by atoms with Gasteiger partial charge in [0.25, 0.3) is 0 Å². The monoisotopic (exact) mass is 395 g/mol. The van der Waals surface area contributed by atoms with Crippen LogP contribution in [0.15, 0.2) is 48.8 Å². The van der Waals surface area contributed by atoms with E-state index in [2.05, 4.69) is 19.6 Å². The Morgan fingerprint density at radius 1 is 1.18 bits per heavy atom. The van der Waals surface area contributed by atoms with Gasteiger partial charge in [-0.2, -0.15) is 0 Å². The summed E-state index contributed by atoms with van der Waals surface area (Å²) < 4.78 is 52.7. The van der Waals surface area contributed by atoms with Crippen LogP contribution in [0.25, 0.3) is 16.9 Å². The molecule has 146 valence electrons. The molecule has 0 atom stereocenters. The number of rotatable bonds is 5. The van der Waals surface area contributed by atoms with Gasteiger partial charge < -0.3 is 19.3 Å². The number of pyridine rings is 1. The molecule has 0 bridgehead atoms. The predicted molar refractivity (Wildman–Crippen MR) is 88.7 cm³/mol. The Morgan fingerprint density at radius 3 is 2.54 bits per heavy atom. The molecule has 1 aromatic carbocycles. The molecule has 0 saturated heterocycles. The number of halogens is 3. The van der Waals surface area contributed by atoms with Gasteiger partial charge in [0.15, 0.2) is 0 Å². The van der Waals surface area contributed by atoms with Gasteiger partial charge in [0.1, 0.15) is 11.5 Å². The summed E-state index contributed by atoms with van der Waals surface area (Å²) in [6.07, 6.45) is -3.53. The number of hydrogen-bond acceptors (Lipinski definition) is 6. The molecule has 0 amide bonds. The fourth-order valence-electron chi connectivity index (χ4n) is 2.41. The van der Waals surface area contributed by atoms with Crippen molar-refractivity contribution in [3.63, 3.8) is 0 Å². The van der Waals surface area contributed by atoms with Gasteiger partial charge in [-0.1, -0.05) is 0 Å². The number of methoxy groups -OCH3 is 1. The number of hydrogen-bond donors (Lipinski definition) is 1. The molecule has 0 radical (unpaired) electrons. The average Bonchev–Trinajstić information content (AvgIpc) is 3.04. The zero-order valence-electron chi connectivity index (χ0n) is 14.2. The Morgan fingerprint density at radius 2 is 1.93 bits per heavy atom. The maximum atomic E-state index is 12.6. The Kier molecular flexibility index (Phi) is 5.07. The largest absolute Gasteiger partial charge is 0.573 e. The summed E-state index contributed by atoms with van der Waals surface area (Å²) in [4.78, 5) is 14.8. The summed E-state index contributed by atoms with van der Waals surface area (Å²) in [5.41, 5.74) is 0.879. The van der Waals surface area contributed by atoms with Gasteiger partial charge in [-0.15, -0.1) is 18.3 Å². The van der Waals surface area contributed by atoms with E-state index >= 15 is 0 Å². The highest BCUT2D eigenvalue weighted by Gasteiger charge is 2.31. The van der Waals surface area contributed by atoms with E-state index in [0.717, 1.165) is 12.1 Å². The van der Waals surface area contributed by atoms with Gasteiger partial charge in [0, 0.05) is 23.9 Å². The molecule has 3 rings (SSSR count). The van der Waals surface area contributed by atoms with E-state index in [0.29, 0.717) is 5.69 Å². The van der Waals surface area contributed by atoms with Crippen LogP contribution < -0.4 is 14.2 Å². The summed E-state index contributed by atoms with van der Waals surface area (Å²) in [5.74, 6) is -0.689. The normalized spacial score (nSPS) is 11.1. The van der Waals surface area contributed by atoms with E-state index in [1.54, 1.807) is 12.1 Å². The average molecular weight is 395 g/mol. The standard InChI is InChI=1S/C17H12F3N3O5/c1-26-12-5-10(6-13(7-12)28-17(18,19)20)14-8-15(27-16(24)25)22-23(14)11-3-2-4-21-9-11/h2-9H,1H3,(H,24,25). The van der Waals surface area contributed by atoms with Gasteiger partial charge in [-0.25, -0.2) is 9.48 Å². The van der Waals surface area contributed by atoms with E-state index in [9.17, 15) is 18.0 Å². The number of aromatic nitrogens is 3. The maximum Gasteiger partial charge on any atom is 0.573 e. The second-order valence-electron chi connectivity index (χ2n) is 5.30. The van der Waals surface area contributed by atoms with Gasteiger partial charge in [0.2, 0.25) is 5.88 Å². The molecule has 0 aliphatic heterocycles. The molecule has 3 aromatic rings. The summed E-state index contributed by atoms with van der Waals surface area (Å²) in [7, 11) is 1.29. The first kappa shape index (κ1) is 19.0. The van der Waals surface area contributed by atoms with Crippen LogP contribution >= 0.6 is 0 Å². The highest BCUT2D eigenvalue weighted by molar-refractivity contribution is 5.68. The van der Waals surface area contributed by atoms with Crippen molar-refractivity contribution in [2.24, 2.45) is 0 Å². The number of alkyl halides is 3. The van der Waals surface area contributed by atoms with Crippen molar-refractivity contribution in [2.75, 3.05) is 7.11 Å². The van der Waals surface area contributed by atoms with Crippen molar-refractivity contribution in [1.82, 2.24) is 14.8 Å². The van der Waals surface area contributed by atoms with E-state index in [4.69, 9.17) is 9.84 Å². The summed E-state index contributed by atoms with van der Waals surface area (Å²) in [6, 6.07) is 8.12. The molecule has 2 aromatic heterocycles. The van der Waals surface area contributed by atoms with Crippen LogP contribution in [0.1, 0.15) is 0 Å². The van der Waals surface area contributed by atoms with Crippen molar-refractivity contribution < 1.29 is 37.3 Å². The lowest BCUT2D eigenvalue weighted by Crippen LogP contribution is -2.17. The van der Waals surface area contributed by atoms with Crippen LogP contribution in [0.2, 0.25) is 0 Å². The third-order valence-electron chi connectivity index (χ3n) is 3.41. The van der Waals surface area contributed by atoms with Crippen LogP contribution in [0, 0.1) is 0 Å². The number of carbonyl (C=O) groups is 1. The molecule has 0 unspecified atom stereocenters. The SMILES string of the molecule is COc1cc(OC(F)(F)F)cc(-c2cc(OC(=O)O)nn2-c2cccnc2)c1. The van der Waals surface area contributed by atoms with Crippen molar-refractivity contribution in [2.45, 2.75) is 6.36 Å². The lowest BCUT2D eigenvalue weighted by atomic mass is 10.1. The molecule has 0 aliphatic carbocycles. The van der Waals surface area contributed by atoms with Crippen molar-refractivity contribution in [3.05, 3.63) is 48.8 Å². The summed E-state index contributed by atoms with van der Waals surface area (Å²) >= 11 is 0. The minimum Gasteiger partial charge on any atom is -0.497 e. The Bertz CT molecular complexity index is 989. The molecule has 28 heavy (non-hydrogen) atoms. The number of nitrogens with zero attached hydrogens (tertiary/aromatic N) is 3. The number of carboxylic acid groups (broad SMARTS) is 1. The maximum absolute atomic E-state index is 12.6. The van der Waals surface area contributed by atoms with E-state index < -0.39 is 18.3 Å². The van der Waals surface area contributed by atoms with Gasteiger partial charge >= 0.3 is 12.5 Å². The summed E-state index contributed by atoms with van der Waals surface area (Å²) in [5, 5.41) is 12.8. The summed E-state index contributed by atoms with van der Waals surface area (Å²) in [6.45, 7) is 0. The van der Waals surface area contributed by atoms with Crippen LogP contribution in [-0.4, -0.2) is 39.5 Å². The molecule has 8 nitrogen and oxygen atoms in total. The zero-order chi connectivity index (χ0) is 20.3. The van der Waals surface area contributed by atoms with Crippen LogP contribution in [0.5, 0.6) is 17.4 Å². The minimum atomic E-state index is -4.90. The van der Waals surface area contributed by atoms with Crippen molar-refractivity contribution >= 4 is 6.16 Å². The Labute approximate surface area is 155 Å². The third-order valence-corrected chi connectivity index (χ3v) is 3.41. The van der Waals surface area contributed by atoms with Crippen molar-refractivity contribution in [1.29, 1.82) is 0 Å². The quantitative estimate of drug-likeness (QED) is 0.655. The molecule has 0 saturated carbocycles. The fourth-order valence-corrected chi connectivity index (χ4v) is 2.41. The van der Waals surface area contributed by atoms with Crippen LogP contribution in [-0.2, 0) is 0 Å². The number of ether oxygens (including phenoxy) is 3. The third kappa shape index (κ3) is 4.50. The van der Waals surface area contributed by atoms with Gasteiger partial charge in [-0.05, 0) is 24.3 Å². The minimum absolute atomic E-state index is 0.0939. The molecular formula is C17H12F3N3O5.